The van der Waals surface area contributed by atoms with Gasteiger partial charge in [0.2, 0.25) is 0 Å². The predicted molar refractivity (Wildman–Crippen MR) is 65.8 cm³/mol. The molecule has 1 saturated heterocycles. The molecule has 1 aliphatic rings. The zero-order valence-corrected chi connectivity index (χ0v) is 9.32. The standard InChI is InChI=1S/C15H12N2/c16-11-17-14(12-7-3-1-4-8-12)15(17)13-9-5-2-6-10-13/h1-10,14-15H/t14-,15-/m1/s1. The summed E-state index contributed by atoms with van der Waals surface area (Å²) in [4.78, 5) is 1.84. The molecule has 0 aromatic heterocycles. The van der Waals surface area contributed by atoms with Crippen LogP contribution in [0.4, 0.5) is 0 Å². The third-order valence-electron chi connectivity index (χ3n) is 3.21. The molecule has 1 heterocycles. The van der Waals surface area contributed by atoms with Crippen LogP contribution in [-0.4, -0.2) is 4.90 Å². The lowest BCUT2D eigenvalue weighted by atomic mass is 10.0. The Morgan fingerprint density at radius 2 is 1.18 bits per heavy atom. The van der Waals surface area contributed by atoms with Crippen molar-refractivity contribution in [1.29, 1.82) is 5.26 Å². The lowest BCUT2D eigenvalue weighted by Gasteiger charge is -1.96. The second-order valence-corrected chi connectivity index (χ2v) is 4.22. The molecular weight excluding hydrogens is 208 g/mol. The monoisotopic (exact) mass is 220 g/mol. The molecule has 2 aromatic carbocycles. The molecule has 1 fully saturated rings. The van der Waals surface area contributed by atoms with Gasteiger partial charge in [0, 0.05) is 0 Å². The van der Waals surface area contributed by atoms with Crippen LogP contribution in [0.15, 0.2) is 60.7 Å². The largest absolute Gasteiger partial charge is 0.291 e. The summed E-state index contributed by atoms with van der Waals surface area (Å²) < 4.78 is 0. The molecule has 0 aliphatic carbocycles. The van der Waals surface area contributed by atoms with Crippen molar-refractivity contribution >= 4 is 0 Å². The van der Waals surface area contributed by atoms with Gasteiger partial charge >= 0.3 is 0 Å². The maximum Gasteiger partial charge on any atom is 0.180 e. The molecular formula is C15H12N2. The second-order valence-electron chi connectivity index (χ2n) is 4.22. The number of nitriles is 1. The Labute approximate surface area is 101 Å². The summed E-state index contributed by atoms with van der Waals surface area (Å²) in [7, 11) is 0. The van der Waals surface area contributed by atoms with E-state index in [1.165, 1.54) is 11.1 Å². The quantitative estimate of drug-likeness (QED) is 0.573. The van der Waals surface area contributed by atoms with Crippen molar-refractivity contribution in [3.63, 3.8) is 0 Å². The molecule has 0 bridgehead atoms. The third kappa shape index (κ3) is 1.66. The molecule has 0 N–H and O–H groups in total. The number of benzene rings is 2. The lowest BCUT2D eigenvalue weighted by molar-refractivity contribution is 0.681. The first-order valence-electron chi connectivity index (χ1n) is 5.70. The summed E-state index contributed by atoms with van der Waals surface area (Å²) in [6.07, 6.45) is 2.27. The van der Waals surface area contributed by atoms with Crippen molar-refractivity contribution in [2.75, 3.05) is 0 Å². The SMILES string of the molecule is N#CN1[C@H](c2ccccc2)[C@H]1c1ccccc1. The normalized spacial score (nSPS) is 21.9. The van der Waals surface area contributed by atoms with Crippen molar-refractivity contribution in [2.24, 2.45) is 0 Å². The van der Waals surface area contributed by atoms with Gasteiger partial charge in [0.05, 0.1) is 12.1 Å². The van der Waals surface area contributed by atoms with E-state index in [-0.39, 0.29) is 12.1 Å². The van der Waals surface area contributed by atoms with E-state index in [2.05, 4.69) is 30.5 Å². The van der Waals surface area contributed by atoms with Gasteiger partial charge in [0.25, 0.3) is 0 Å². The Hall–Kier alpha value is -2.27. The molecule has 0 amide bonds. The Kier molecular flexibility index (Phi) is 2.31. The van der Waals surface area contributed by atoms with Gasteiger partial charge in [-0.1, -0.05) is 60.7 Å². The van der Waals surface area contributed by atoms with Crippen LogP contribution in [0.5, 0.6) is 0 Å². The number of hydrogen-bond donors (Lipinski definition) is 0. The number of nitrogens with zero attached hydrogens (tertiary/aromatic N) is 2. The summed E-state index contributed by atoms with van der Waals surface area (Å²) in [6, 6.07) is 20.8. The van der Waals surface area contributed by atoms with E-state index in [0.717, 1.165) is 0 Å². The Morgan fingerprint density at radius 1 is 0.765 bits per heavy atom. The highest BCUT2D eigenvalue weighted by atomic mass is 15.3. The Morgan fingerprint density at radius 3 is 1.53 bits per heavy atom. The van der Waals surface area contributed by atoms with Crippen molar-refractivity contribution in [2.45, 2.75) is 12.1 Å². The minimum atomic E-state index is 0.212. The Balaban J connectivity index is 1.92. The smallest absolute Gasteiger partial charge is 0.180 e. The average Bonchev–Trinajstić information content (AvgIpc) is 3.15. The first kappa shape index (κ1) is 9.92. The fourth-order valence-electron chi connectivity index (χ4n) is 2.34. The van der Waals surface area contributed by atoms with Crippen molar-refractivity contribution in [3.8, 4) is 6.19 Å². The molecule has 2 nitrogen and oxygen atoms in total. The van der Waals surface area contributed by atoms with E-state index in [9.17, 15) is 0 Å². The van der Waals surface area contributed by atoms with Gasteiger partial charge in [0.15, 0.2) is 6.19 Å². The van der Waals surface area contributed by atoms with Gasteiger partial charge in [-0.15, -0.1) is 0 Å². The Bertz CT molecular complexity index is 497. The van der Waals surface area contributed by atoms with Crippen LogP contribution in [0, 0.1) is 11.5 Å². The zero-order chi connectivity index (χ0) is 11.7. The average molecular weight is 220 g/mol. The summed E-state index contributed by atoms with van der Waals surface area (Å²) in [5.41, 5.74) is 2.42. The van der Waals surface area contributed by atoms with Gasteiger partial charge in [-0.3, -0.25) is 4.90 Å². The summed E-state index contributed by atoms with van der Waals surface area (Å²) >= 11 is 0. The molecule has 0 spiro atoms. The molecule has 3 rings (SSSR count). The van der Waals surface area contributed by atoms with Crippen LogP contribution in [0.1, 0.15) is 23.2 Å². The van der Waals surface area contributed by atoms with Crippen LogP contribution >= 0.6 is 0 Å². The molecule has 2 atom stereocenters. The topological polar surface area (TPSA) is 26.8 Å². The molecule has 0 radical (unpaired) electrons. The molecule has 82 valence electrons. The highest BCUT2D eigenvalue weighted by molar-refractivity contribution is 5.36. The highest BCUT2D eigenvalue weighted by Crippen LogP contribution is 2.53. The van der Waals surface area contributed by atoms with Crippen LogP contribution in [0.25, 0.3) is 0 Å². The summed E-state index contributed by atoms with van der Waals surface area (Å²) in [6.45, 7) is 0. The molecule has 0 saturated carbocycles. The molecule has 17 heavy (non-hydrogen) atoms. The van der Waals surface area contributed by atoms with E-state index in [0.29, 0.717) is 0 Å². The maximum atomic E-state index is 9.15. The number of hydrogen-bond acceptors (Lipinski definition) is 2. The fourth-order valence-corrected chi connectivity index (χ4v) is 2.34. The van der Waals surface area contributed by atoms with E-state index >= 15 is 0 Å². The van der Waals surface area contributed by atoms with Crippen LogP contribution in [0.3, 0.4) is 0 Å². The minimum Gasteiger partial charge on any atom is -0.291 e. The first-order chi connectivity index (χ1) is 8.42. The van der Waals surface area contributed by atoms with E-state index < -0.39 is 0 Å². The zero-order valence-electron chi connectivity index (χ0n) is 9.32. The van der Waals surface area contributed by atoms with Crippen molar-refractivity contribution < 1.29 is 0 Å². The van der Waals surface area contributed by atoms with Crippen LogP contribution in [0.2, 0.25) is 0 Å². The fraction of sp³-hybridized carbons (Fsp3) is 0.133. The van der Waals surface area contributed by atoms with Crippen LogP contribution in [-0.2, 0) is 0 Å². The maximum absolute atomic E-state index is 9.15. The van der Waals surface area contributed by atoms with Gasteiger partial charge in [0.1, 0.15) is 0 Å². The van der Waals surface area contributed by atoms with Crippen molar-refractivity contribution in [3.05, 3.63) is 71.8 Å². The molecule has 2 aromatic rings. The van der Waals surface area contributed by atoms with Gasteiger partial charge in [-0.25, -0.2) is 0 Å². The second kappa shape index (κ2) is 3.95. The molecule has 2 heteroatoms. The van der Waals surface area contributed by atoms with Gasteiger partial charge in [-0.2, -0.15) is 5.26 Å². The molecule has 1 aliphatic heterocycles. The summed E-state index contributed by atoms with van der Waals surface area (Å²) in [5, 5.41) is 9.15. The predicted octanol–water partition coefficient (Wildman–Crippen LogP) is 3.27. The van der Waals surface area contributed by atoms with Gasteiger partial charge in [-0.05, 0) is 11.1 Å². The van der Waals surface area contributed by atoms with E-state index in [4.69, 9.17) is 5.26 Å². The van der Waals surface area contributed by atoms with Crippen LogP contribution < -0.4 is 0 Å². The lowest BCUT2D eigenvalue weighted by Crippen LogP contribution is -1.86. The van der Waals surface area contributed by atoms with Crippen molar-refractivity contribution in [1.82, 2.24) is 4.90 Å². The third-order valence-corrected chi connectivity index (χ3v) is 3.21. The van der Waals surface area contributed by atoms with Gasteiger partial charge < -0.3 is 0 Å². The minimum absolute atomic E-state index is 0.212. The number of rotatable bonds is 2. The van der Waals surface area contributed by atoms with E-state index in [1.54, 1.807) is 0 Å². The first-order valence-corrected chi connectivity index (χ1v) is 5.70. The van der Waals surface area contributed by atoms with E-state index in [1.807, 2.05) is 41.3 Å². The summed E-state index contributed by atoms with van der Waals surface area (Å²) in [5.74, 6) is 0. The highest BCUT2D eigenvalue weighted by Gasteiger charge is 2.49. The molecule has 0 unspecified atom stereocenters.